The van der Waals surface area contributed by atoms with Crippen LogP contribution in [0.25, 0.3) is 0 Å². The molecule has 154 valence electrons. The predicted molar refractivity (Wildman–Crippen MR) is 114 cm³/mol. The van der Waals surface area contributed by atoms with Gasteiger partial charge in [-0.15, -0.1) is 0 Å². The SMILES string of the molecule is COc1nc2c(cc1CN[C@H]1CCCN[C@H]1c1ccccc1)N(C)C(=O)C2(C)C. The Morgan fingerprint density at radius 2 is 2.07 bits per heavy atom. The van der Waals surface area contributed by atoms with Crippen molar-refractivity contribution in [1.29, 1.82) is 0 Å². The molecule has 6 heteroatoms. The molecule has 4 rings (SSSR count). The maximum atomic E-state index is 12.6. The van der Waals surface area contributed by atoms with E-state index in [1.165, 1.54) is 5.56 Å². The van der Waals surface area contributed by atoms with Crippen LogP contribution in [0, 0.1) is 0 Å². The third-order valence-electron chi connectivity index (χ3n) is 6.20. The zero-order valence-corrected chi connectivity index (χ0v) is 17.7. The Labute approximate surface area is 172 Å². The van der Waals surface area contributed by atoms with Gasteiger partial charge in [0.15, 0.2) is 0 Å². The second kappa shape index (κ2) is 7.76. The Balaban J connectivity index is 1.57. The summed E-state index contributed by atoms with van der Waals surface area (Å²) in [5, 5.41) is 7.37. The van der Waals surface area contributed by atoms with Gasteiger partial charge in [0.05, 0.1) is 23.9 Å². The molecule has 1 aromatic heterocycles. The van der Waals surface area contributed by atoms with Crippen LogP contribution in [0.5, 0.6) is 5.88 Å². The monoisotopic (exact) mass is 394 g/mol. The molecular weight excluding hydrogens is 364 g/mol. The van der Waals surface area contributed by atoms with E-state index in [9.17, 15) is 4.79 Å². The van der Waals surface area contributed by atoms with Crippen LogP contribution in [-0.2, 0) is 16.8 Å². The molecule has 0 aliphatic carbocycles. The lowest BCUT2D eigenvalue weighted by Gasteiger charge is -2.34. The number of hydrogen-bond acceptors (Lipinski definition) is 5. The fourth-order valence-electron chi connectivity index (χ4n) is 4.53. The number of carbonyl (C=O) groups excluding carboxylic acids is 1. The standard InChI is InChI=1S/C23H30N4O2/c1-23(2)20-18(27(3)22(23)28)13-16(21(26-20)29-4)14-25-17-11-8-12-24-19(17)15-9-6-5-7-10-15/h5-7,9-10,13,17,19,24-25H,8,11-12,14H2,1-4H3/t17-,19-/m0/s1. The molecule has 0 saturated carbocycles. The van der Waals surface area contributed by atoms with Crippen molar-refractivity contribution in [1.82, 2.24) is 15.6 Å². The molecule has 0 bridgehead atoms. The van der Waals surface area contributed by atoms with Crippen molar-refractivity contribution in [2.24, 2.45) is 0 Å². The van der Waals surface area contributed by atoms with Gasteiger partial charge in [0.25, 0.3) is 0 Å². The largest absolute Gasteiger partial charge is 0.481 e. The van der Waals surface area contributed by atoms with Crippen molar-refractivity contribution >= 4 is 11.6 Å². The first-order chi connectivity index (χ1) is 13.9. The van der Waals surface area contributed by atoms with Gasteiger partial charge in [0.1, 0.15) is 0 Å². The number of hydrogen-bond donors (Lipinski definition) is 2. The number of aromatic nitrogens is 1. The Morgan fingerprint density at radius 1 is 1.31 bits per heavy atom. The Bertz CT molecular complexity index is 897. The summed E-state index contributed by atoms with van der Waals surface area (Å²) in [7, 11) is 3.46. The molecule has 6 nitrogen and oxygen atoms in total. The number of rotatable bonds is 5. The van der Waals surface area contributed by atoms with Crippen molar-refractivity contribution in [3.05, 3.63) is 53.2 Å². The number of fused-ring (bicyclic) bond motifs is 1. The van der Waals surface area contributed by atoms with E-state index in [1.54, 1.807) is 12.0 Å². The number of likely N-dealkylation sites (N-methyl/N-ethyl adjacent to an activating group) is 1. The minimum absolute atomic E-state index is 0.0628. The van der Waals surface area contributed by atoms with Crippen molar-refractivity contribution in [2.45, 2.75) is 50.7 Å². The minimum Gasteiger partial charge on any atom is -0.481 e. The maximum absolute atomic E-state index is 12.6. The number of benzene rings is 1. The highest BCUT2D eigenvalue weighted by molar-refractivity contribution is 6.06. The van der Waals surface area contributed by atoms with Crippen LogP contribution in [0.15, 0.2) is 36.4 Å². The lowest BCUT2D eigenvalue weighted by molar-refractivity contribution is -0.121. The molecule has 1 fully saturated rings. The predicted octanol–water partition coefficient (Wildman–Crippen LogP) is 2.93. The Hall–Kier alpha value is -2.44. The van der Waals surface area contributed by atoms with Gasteiger partial charge >= 0.3 is 0 Å². The summed E-state index contributed by atoms with van der Waals surface area (Å²) in [6.45, 7) is 5.51. The average Bonchev–Trinajstić information content (AvgIpc) is 2.92. The zero-order valence-electron chi connectivity index (χ0n) is 17.7. The number of methoxy groups -OCH3 is 1. The summed E-state index contributed by atoms with van der Waals surface area (Å²) >= 11 is 0. The van der Waals surface area contributed by atoms with Gasteiger partial charge in [-0.3, -0.25) is 4.79 Å². The molecule has 2 aromatic rings. The van der Waals surface area contributed by atoms with Crippen molar-refractivity contribution in [2.75, 3.05) is 25.6 Å². The van der Waals surface area contributed by atoms with E-state index in [0.29, 0.717) is 18.5 Å². The number of carbonyl (C=O) groups is 1. The van der Waals surface area contributed by atoms with Gasteiger partial charge in [-0.25, -0.2) is 4.98 Å². The number of piperidine rings is 1. The number of nitrogens with one attached hydrogen (secondary N) is 2. The summed E-state index contributed by atoms with van der Waals surface area (Å²) in [5.74, 6) is 0.653. The average molecular weight is 395 g/mol. The van der Waals surface area contributed by atoms with E-state index >= 15 is 0 Å². The highest BCUT2D eigenvalue weighted by atomic mass is 16.5. The van der Waals surface area contributed by atoms with Gasteiger partial charge in [0, 0.05) is 31.2 Å². The summed E-state index contributed by atoms with van der Waals surface area (Å²) in [6, 6.07) is 13.2. The van der Waals surface area contributed by atoms with Gasteiger partial charge in [-0.1, -0.05) is 30.3 Å². The number of ether oxygens (including phenoxy) is 1. The van der Waals surface area contributed by atoms with Crippen molar-refractivity contribution < 1.29 is 9.53 Å². The summed E-state index contributed by atoms with van der Waals surface area (Å²) in [4.78, 5) is 19.1. The van der Waals surface area contributed by atoms with Crippen molar-refractivity contribution in [3.63, 3.8) is 0 Å². The highest BCUT2D eigenvalue weighted by Crippen LogP contribution is 2.41. The van der Waals surface area contributed by atoms with Gasteiger partial charge in [-0.2, -0.15) is 0 Å². The third-order valence-corrected chi connectivity index (χ3v) is 6.20. The lowest BCUT2D eigenvalue weighted by Crippen LogP contribution is -2.45. The normalized spacial score (nSPS) is 23.2. The molecule has 2 aliphatic rings. The Kier molecular flexibility index (Phi) is 5.32. The van der Waals surface area contributed by atoms with E-state index in [-0.39, 0.29) is 11.9 Å². The first kappa shape index (κ1) is 19.9. The van der Waals surface area contributed by atoms with Crippen LogP contribution in [0.4, 0.5) is 5.69 Å². The molecular formula is C23H30N4O2. The van der Waals surface area contributed by atoms with E-state index in [2.05, 4.69) is 47.0 Å². The van der Waals surface area contributed by atoms with Gasteiger partial charge < -0.3 is 20.3 Å². The minimum atomic E-state index is -0.630. The molecule has 1 aromatic carbocycles. The topological polar surface area (TPSA) is 66.5 Å². The van der Waals surface area contributed by atoms with Gasteiger partial charge in [-0.05, 0) is 44.9 Å². The second-order valence-electron chi connectivity index (χ2n) is 8.49. The van der Waals surface area contributed by atoms with E-state index in [4.69, 9.17) is 9.72 Å². The summed E-state index contributed by atoms with van der Waals surface area (Å²) in [6.07, 6.45) is 2.25. The van der Waals surface area contributed by atoms with Crippen LogP contribution in [0.1, 0.15) is 49.6 Å². The summed E-state index contributed by atoms with van der Waals surface area (Å²) < 4.78 is 5.59. The molecule has 1 saturated heterocycles. The van der Waals surface area contributed by atoms with Crippen LogP contribution in [0.2, 0.25) is 0 Å². The first-order valence-electron chi connectivity index (χ1n) is 10.3. The fraction of sp³-hybridized carbons (Fsp3) is 0.478. The molecule has 2 atom stereocenters. The van der Waals surface area contributed by atoms with Crippen LogP contribution in [-0.4, -0.2) is 37.6 Å². The molecule has 2 N–H and O–H groups in total. The van der Waals surface area contributed by atoms with Crippen molar-refractivity contribution in [3.8, 4) is 5.88 Å². The second-order valence-corrected chi connectivity index (χ2v) is 8.49. The number of pyridine rings is 1. The van der Waals surface area contributed by atoms with Gasteiger partial charge in [0.2, 0.25) is 11.8 Å². The number of amides is 1. The smallest absolute Gasteiger partial charge is 0.238 e. The van der Waals surface area contributed by atoms with E-state index in [0.717, 1.165) is 36.3 Å². The highest BCUT2D eigenvalue weighted by Gasteiger charge is 2.44. The van der Waals surface area contributed by atoms with E-state index in [1.807, 2.05) is 20.9 Å². The molecule has 1 amide bonds. The fourth-order valence-corrected chi connectivity index (χ4v) is 4.53. The zero-order chi connectivity index (χ0) is 20.6. The van der Waals surface area contributed by atoms with Crippen LogP contribution >= 0.6 is 0 Å². The first-order valence-corrected chi connectivity index (χ1v) is 10.3. The quantitative estimate of drug-likeness (QED) is 0.816. The lowest BCUT2D eigenvalue weighted by atomic mass is 9.90. The molecule has 0 spiro atoms. The summed E-state index contributed by atoms with van der Waals surface area (Å²) in [5.41, 5.74) is 3.30. The van der Waals surface area contributed by atoms with E-state index < -0.39 is 5.41 Å². The molecule has 0 unspecified atom stereocenters. The number of anilines is 1. The Morgan fingerprint density at radius 3 is 2.79 bits per heavy atom. The molecule has 29 heavy (non-hydrogen) atoms. The maximum Gasteiger partial charge on any atom is 0.238 e. The molecule has 2 aliphatic heterocycles. The number of nitrogens with zero attached hydrogens (tertiary/aromatic N) is 2. The molecule has 3 heterocycles. The third kappa shape index (κ3) is 3.51. The van der Waals surface area contributed by atoms with Crippen LogP contribution in [0.3, 0.4) is 0 Å². The van der Waals surface area contributed by atoms with Crippen LogP contribution < -0.4 is 20.3 Å². The molecule has 0 radical (unpaired) electrons.